The number of carbonyl (C=O) groups excluding carboxylic acids is 1. The maximum atomic E-state index is 13.5. The van der Waals surface area contributed by atoms with Gasteiger partial charge in [-0.05, 0) is 30.7 Å². The number of aryl methyl sites for hydroxylation is 1. The largest absolute Gasteiger partial charge is 0.495 e. The van der Waals surface area contributed by atoms with Crippen molar-refractivity contribution in [1.29, 1.82) is 0 Å². The highest BCUT2D eigenvalue weighted by molar-refractivity contribution is 7.89. The predicted molar refractivity (Wildman–Crippen MR) is 91.2 cm³/mol. The molecule has 6 nitrogen and oxygen atoms in total. The first-order valence-electron chi connectivity index (χ1n) is 7.48. The van der Waals surface area contributed by atoms with Gasteiger partial charge in [-0.1, -0.05) is 24.3 Å². The number of carbonyl (C=O) groups is 1. The van der Waals surface area contributed by atoms with Crippen LogP contribution in [0.25, 0.3) is 0 Å². The molecule has 0 aliphatic rings. The molecule has 134 valence electrons. The second-order valence-electron chi connectivity index (χ2n) is 5.35. The summed E-state index contributed by atoms with van der Waals surface area (Å²) < 4.78 is 45.5. The molecular weight excluding hydrogens is 347 g/mol. The number of benzene rings is 2. The van der Waals surface area contributed by atoms with Crippen molar-refractivity contribution in [1.82, 2.24) is 10.0 Å². The van der Waals surface area contributed by atoms with Crippen LogP contribution in [0.1, 0.15) is 11.1 Å². The second kappa shape index (κ2) is 8.09. The molecule has 1 amide bonds. The molecule has 0 aliphatic heterocycles. The van der Waals surface area contributed by atoms with Gasteiger partial charge in [0.2, 0.25) is 15.9 Å². The molecule has 2 rings (SSSR count). The normalized spacial score (nSPS) is 11.2. The summed E-state index contributed by atoms with van der Waals surface area (Å²) >= 11 is 0. The van der Waals surface area contributed by atoms with Crippen LogP contribution < -0.4 is 14.8 Å². The molecule has 0 fully saturated rings. The van der Waals surface area contributed by atoms with Crippen molar-refractivity contribution < 1.29 is 22.3 Å². The van der Waals surface area contributed by atoms with E-state index in [9.17, 15) is 17.6 Å². The van der Waals surface area contributed by atoms with Crippen LogP contribution >= 0.6 is 0 Å². The fraction of sp³-hybridized carbons (Fsp3) is 0.235. The van der Waals surface area contributed by atoms with E-state index in [0.717, 1.165) is 5.56 Å². The minimum atomic E-state index is -3.92. The maximum absolute atomic E-state index is 13.5. The second-order valence-corrected chi connectivity index (χ2v) is 7.08. The Hall–Kier alpha value is -2.45. The first-order chi connectivity index (χ1) is 11.8. The van der Waals surface area contributed by atoms with Crippen LogP contribution in [0.4, 0.5) is 4.39 Å². The summed E-state index contributed by atoms with van der Waals surface area (Å²) in [5, 5.41) is 2.47. The summed E-state index contributed by atoms with van der Waals surface area (Å²) in [6.45, 7) is 1.26. The summed E-state index contributed by atoms with van der Waals surface area (Å²) in [5.41, 5.74) is 1.06. The topological polar surface area (TPSA) is 84.5 Å². The third kappa shape index (κ3) is 5.01. The van der Waals surface area contributed by atoms with Crippen molar-refractivity contribution in [3.05, 3.63) is 59.4 Å². The van der Waals surface area contributed by atoms with Crippen molar-refractivity contribution in [2.24, 2.45) is 0 Å². The van der Waals surface area contributed by atoms with Crippen molar-refractivity contribution in [3.8, 4) is 5.75 Å². The van der Waals surface area contributed by atoms with E-state index in [4.69, 9.17) is 4.74 Å². The molecule has 0 spiro atoms. The van der Waals surface area contributed by atoms with Gasteiger partial charge in [0.1, 0.15) is 16.5 Å². The molecule has 0 bridgehead atoms. The van der Waals surface area contributed by atoms with Gasteiger partial charge < -0.3 is 10.1 Å². The van der Waals surface area contributed by atoms with Gasteiger partial charge in [0.05, 0.1) is 13.7 Å². The lowest BCUT2D eigenvalue weighted by molar-refractivity contribution is -0.120. The lowest BCUT2D eigenvalue weighted by Gasteiger charge is -2.12. The number of ether oxygens (including phenoxy) is 1. The average molecular weight is 366 g/mol. The van der Waals surface area contributed by atoms with Crippen LogP contribution in [-0.2, 0) is 21.4 Å². The SMILES string of the molecule is COc1ccc(C)cc1S(=O)(=O)NCC(=O)NCc1ccccc1F. The first-order valence-corrected chi connectivity index (χ1v) is 8.96. The van der Waals surface area contributed by atoms with Crippen LogP contribution in [0.5, 0.6) is 5.75 Å². The standard InChI is InChI=1S/C17H19FN2O4S/c1-12-7-8-15(24-2)16(9-12)25(22,23)20-11-17(21)19-10-13-5-3-4-6-14(13)18/h3-9,20H,10-11H2,1-2H3,(H,19,21). The smallest absolute Gasteiger partial charge is 0.244 e. The Bertz CT molecular complexity index is 869. The van der Waals surface area contributed by atoms with Gasteiger partial charge in [-0.25, -0.2) is 17.5 Å². The van der Waals surface area contributed by atoms with Gasteiger partial charge in [-0.3, -0.25) is 4.79 Å². The molecule has 0 atom stereocenters. The minimum absolute atomic E-state index is 0.0268. The van der Waals surface area contributed by atoms with Crippen LogP contribution in [0.15, 0.2) is 47.4 Å². The van der Waals surface area contributed by atoms with E-state index in [-0.39, 0.29) is 17.2 Å². The number of hydrogen-bond donors (Lipinski definition) is 2. The molecule has 0 radical (unpaired) electrons. The maximum Gasteiger partial charge on any atom is 0.244 e. The van der Waals surface area contributed by atoms with E-state index in [1.807, 2.05) is 0 Å². The van der Waals surface area contributed by atoms with Gasteiger partial charge in [0.15, 0.2) is 0 Å². The average Bonchev–Trinajstić information content (AvgIpc) is 2.59. The van der Waals surface area contributed by atoms with Crippen LogP contribution in [0.2, 0.25) is 0 Å². The number of halogens is 1. The highest BCUT2D eigenvalue weighted by Gasteiger charge is 2.20. The van der Waals surface area contributed by atoms with E-state index >= 15 is 0 Å². The van der Waals surface area contributed by atoms with Gasteiger partial charge >= 0.3 is 0 Å². The van der Waals surface area contributed by atoms with Crippen LogP contribution in [0, 0.1) is 12.7 Å². The van der Waals surface area contributed by atoms with E-state index < -0.39 is 28.3 Å². The van der Waals surface area contributed by atoms with Gasteiger partial charge in [-0.15, -0.1) is 0 Å². The fourth-order valence-electron chi connectivity index (χ4n) is 2.13. The number of sulfonamides is 1. The zero-order chi connectivity index (χ0) is 18.4. The molecular formula is C17H19FN2O4S. The summed E-state index contributed by atoms with van der Waals surface area (Å²) in [6.07, 6.45) is 0. The molecule has 8 heteroatoms. The van der Waals surface area contributed by atoms with Crippen molar-refractivity contribution in [2.45, 2.75) is 18.4 Å². The molecule has 25 heavy (non-hydrogen) atoms. The summed E-state index contributed by atoms with van der Waals surface area (Å²) in [5.74, 6) is -0.823. The molecule has 0 unspecified atom stereocenters. The summed E-state index contributed by atoms with van der Waals surface area (Å²) in [4.78, 5) is 11.8. The Labute approximate surface area is 146 Å². The summed E-state index contributed by atoms with van der Waals surface area (Å²) in [7, 11) is -2.56. The molecule has 0 aliphatic carbocycles. The Morgan fingerprint density at radius 2 is 1.92 bits per heavy atom. The Morgan fingerprint density at radius 3 is 2.60 bits per heavy atom. The zero-order valence-corrected chi connectivity index (χ0v) is 14.7. The number of nitrogens with one attached hydrogen (secondary N) is 2. The highest BCUT2D eigenvalue weighted by Crippen LogP contribution is 2.24. The first kappa shape index (κ1) is 18.9. The Kier molecular flexibility index (Phi) is 6.11. The van der Waals surface area contributed by atoms with E-state index in [1.165, 1.54) is 25.3 Å². The molecule has 0 saturated carbocycles. The lowest BCUT2D eigenvalue weighted by atomic mass is 10.2. The third-order valence-corrected chi connectivity index (χ3v) is 4.89. The molecule has 2 aromatic carbocycles. The monoisotopic (exact) mass is 366 g/mol. The molecule has 0 heterocycles. The van der Waals surface area contributed by atoms with Crippen LogP contribution in [-0.4, -0.2) is 28.0 Å². The minimum Gasteiger partial charge on any atom is -0.495 e. The number of rotatable bonds is 7. The number of amides is 1. The van der Waals surface area contributed by atoms with Gasteiger partial charge in [0.25, 0.3) is 0 Å². The Balaban J connectivity index is 1.99. The fourth-order valence-corrected chi connectivity index (χ4v) is 3.36. The number of hydrogen-bond acceptors (Lipinski definition) is 4. The van der Waals surface area contributed by atoms with Crippen LogP contribution in [0.3, 0.4) is 0 Å². The highest BCUT2D eigenvalue weighted by atomic mass is 32.2. The van der Waals surface area contributed by atoms with Crippen molar-refractivity contribution in [2.75, 3.05) is 13.7 Å². The Morgan fingerprint density at radius 1 is 1.20 bits per heavy atom. The van der Waals surface area contributed by atoms with Crippen molar-refractivity contribution in [3.63, 3.8) is 0 Å². The molecule has 0 saturated heterocycles. The molecule has 2 aromatic rings. The van der Waals surface area contributed by atoms with Crippen molar-refractivity contribution >= 4 is 15.9 Å². The van der Waals surface area contributed by atoms with E-state index in [0.29, 0.717) is 5.56 Å². The van der Waals surface area contributed by atoms with E-state index in [2.05, 4.69) is 10.0 Å². The quantitative estimate of drug-likeness (QED) is 0.782. The molecule has 2 N–H and O–H groups in total. The van der Waals surface area contributed by atoms with E-state index in [1.54, 1.807) is 31.2 Å². The third-order valence-electron chi connectivity index (χ3n) is 3.47. The molecule has 0 aromatic heterocycles. The van der Waals surface area contributed by atoms with Gasteiger partial charge in [0, 0.05) is 12.1 Å². The van der Waals surface area contributed by atoms with Gasteiger partial charge in [-0.2, -0.15) is 0 Å². The predicted octanol–water partition coefficient (Wildman–Crippen LogP) is 1.74. The lowest BCUT2D eigenvalue weighted by Crippen LogP contribution is -2.36. The zero-order valence-electron chi connectivity index (χ0n) is 13.9. The number of methoxy groups -OCH3 is 1. The summed E-state index contributed by atoms with van der Waals surface area (Å²) in [6, 6.07) is 10.7.